The Morgan fingerprint density at radius 1 is 1.39 bits per heavy atom. The van der Waals surface area contributed by atoms with E-state index in [0.29, 0.717) is 18.0 Å². The molecule has 100 valence electrons. The molecule has 0 heterocycles. The zero-order valence-electron chi connectivity index (χ0n) is 10.3. The first-order valence-corrected chi connectivity index (χ1v) is 7.06. The van der Waals surface area contributed by atoms with Crippen LogP contribution in [0.2, 0.25) is 0 Å². The minimum absolute atomic E-state index is 0.225. The summed E-state index contributed by atoms with van der Waals surface area (Å²) < 4.78 is 0. The van der Waals surface area contributed by atoms with E-state index >= 15 is 0 Å². The van der Waals surface area contributed by atoms with Crippen LogP contribution in [0, 0.1) is 5.92 Å². The molecule has 4 nitrogen and oxygen atoms in total. The molecule has 0 aliphatic carbocycles. The van der Waals surface area contributed by atoms with Gasteiger partial charge in [-0.15, -0.1) is 0 Å². The van der Waals surface area contributed by atoms with E-state index in [1.54, 1.807) is 0 Å². The largest absolute Gasteiger partial charge is 0.504 e. The van der Waals surface area contributed by atoms with E-state index in [2.05, 4.69) is 28.2 Å². The summed E-state index contributed by atoms with van der Waals surface area (Å²) >= 11 is 3.39. The number of hydrogen-bond donors (Lipinski definition) is 3. The van der Waals surface area contributed by atoms with Gasteiger partial charge in [-0.25, -0.2) is 0 Å². The second kappa shape index (κ2) is 7.26. The van der Waals surface area contributed by atoms with Crippen molar-refractivity contribution < 1.29 is 15.0 Å². The first kappa shape index (κ1) is 14.8. The summed E-state index contributed by atoms with van der Waals surface area (Å²) in [5.41, 5.74) is 0.346. The monoisotopic (exact) mass is 315 g/mol. The maximum absolute atomic E-state index is 11.8. The van der Waals surface area contributed by atoms with Gasteiger partial charge >= 0.3 is 0 Å². The summed E-state index contributed by atoms with van der Waals surface area (Å²) in [5.74, 6) is -0.301. The van der Waals surface area contributed by atoms with Gasteiger partial charge in [0, 0.05) is 17.4 Å². The molecule has 0 aromatic heterocycles. The zero-order chi connectivity index (χ0) is 13.5. The van der Waals surface area contributed by atoms with Crippen LogP contribution >= 0.6 is 15.9 Å². The number of rotatable bonds is 6. The molecule has 1 aromatic rings. The summed E-state index contributed by atoms with van der Waals surface area (Å²) in [6, 6.07) is 4.05. The van der Waals surface area contributed by atoms with Gasteiger partial charge in [0.05, 0.1) is 0 Å². The Labute approximate surface area is 115 Å². The fraction of sp³-hybridized carbons (Fsp3) is 0.462. The van der Waals surface area contributed by atoms with Crippen LogP contribution in [0.1, 0.15) is 30.1 Å². The number of halogens is 1. The lowest BCUT2D eigenvalue weighted by Crippen LogP contribution is -2.29. The van der Waals surface area contributed by atoms with E-state index in [0.717, 1.165) is 18.2 Å². The Morgan fingerprint density at radius 2 is 2.11 bits per heavy atom. The number of carbonyl (C=O) groups is 1. The molecule has 18 heavy (non-hydrogen) atoms. The Bertz CT molecular complexity index is 409. The molecule has 1 amide bonds. The highest BCUT2D eigenvalue weighted by Gasteiger charge is 2.11. The van der Waals surface area contributed by atoms with Crippen molar-refractivity contribution in [3.05, 3.63) is 23.8 Å². The van der Waals surface area contributed by atoms with Gasteiger partial charge in [-0.05, 0) is 30.5 Å². The molecule has 1 aromatic carbocycles. The molecule has 0 fully saturated rings. The van der Waals surface area contributed by atoms with Gasteiger partial charge < -0.3 is 15.5 Å². The molecule has 0 aliphatic heterocycles. The number of alkyl halides is 1. The van der Waals surface area contributed by atoms with Gasteiger partial charge in [0.1, 0.15) is 0 Å². The number of phenolic OH excluding ortho intramolecular Hbond substituents is 2. The number of hydrogen-bond acceptors (Lipinski definition) is 3. The minimum Gasteiger partial charge on any atom is -0.504 e. The third kappa shape index (κ3) is 4.22. The third-order valence-electron chi connectivity index (χ3n) is 2.88. The first-order chi connectivity index (χ1) is 8.58. The number of carbonyl (C=O) groups excluding carboxylic acids is 1. The lowest BCUT2D eigenvalue weighted by Gasteiger charge is -2.14. The van der Waals surface area contributed by atoms with Crippen molar-refractivity contribution in [3.8, 4) is 11.5 Å². The molecule has 0 aliphatic rings. The van der Waals surface area contributed by atoms with Gasteiger partial charge in [-0.2, -0.15) is 0 Å². The second-order valence-corrected chi connectivity index (χ2v) is 4.96. The van der Waals surface area contributed by atoms with Gasteiger partial charge in [-0.3, -0.25) is 4.79 Å². The highest BCUT2D eigenvalue weighted by atomic mass is 79.9. The van der Waals surface area contributed by atoms with E-state index in [4.69, 9.17) is 5.11 Å². The SMILES string of the molecule is CCC(CCBr)CNC(=O)c1ccc(O)c(O)c1. The van der Waals surface area contributed by atoms with Crippen LogP contribution in [0.3, 0.4) is 0 Å². The summed E-state index contributed by atoms with van der Waals surface area (Å²) in [5, 5.41) is 22.2. The number of benzene rings is 1. The molecule has 5 heteroatoms. The van der Waals surface area contributed by atoms with Crippen molar-refractivity contribution in [1.29, 1.82) is 0 Å². The number of aromatic hydroxyl groups is 2. The molecule has 0 radical (unpaired) electrons. The van der Waals surface area contributed by atoms with Crippen molar-refractivity contribution >= 4 is 21.8 Å². The normalized spacial score (nSPS) is 12.1. The predicted octanol–water partition coefficient (Wildman–Crippen LogP) is 2.64. The first-order valence-electron chi connectivity index (χ1n) is 5.94. The van der Waals surface area contributed by atoms with Gasteiger partial charge in [0.25, 0.3) is 5.91 Å². The molecule has 1 atom stereocenters. The van der Waals surface area contributed by atoms with Crippen LogP contribution in [0.5, 0.6) is 11.5 Å². The van der Waals surface area contributed by atoms with Crippen LogP contribution in [0.15, 0.2) is 18.2 Å². The molecule has 0 saturated heterocycles. The van der Waals surface area contributed by atoms with Crippen molar-refractivity contribution in [3.63, 3.8) is 0 Å². The average Bonchev–Trinajstić information content (AvgIpc) is 2.37. The minimum atomic E-state index is -0.282. The van der Waals surface area contributed by atoms with Gasteiger partial charge in [0.2, 0.25) is 0 Å². The van der Waals surface area contributed by atoms with Crippen LogP contribution in [-0.2, 0) is 0 Å². The van der Waals surface area contributed by atoms with E-state index in [-0.39, 0.29) is 17.4 Å². The standard InChI is InChI=1S/C13H18BrNO3/c1-2-9(5-6-14)8-15-13(18)10-3-4-11(16)12(17)7-10/h3-4,7,9,16-17H,2,5-6,8H2,1H3,(H,15,18). The highest BCUT2D eigenvalue weighted by Crippen LogP contribution is 2.24. The van der Waals surface area contributed by atoms with Gasteiger partial charge in [-0.1, -0.05) is 29.3 Å². The smallest absolute Gasteiger partial charge is 0.251 e. The van der Waals surface area contributed by atoms with E-state index < -0.39 is 0 Å². The molecule has 1 unspecified atom stereocenters. The lowest BCUT2D eigenvalue weighted by atomic mass is 10.0. The van der Waals surface area contributed by atoms with Crippen molar-refractivity contribution in [2.45, 2.75) is 19.8 Å². The lowest BCUT2D eigenvalue weighted by molar-refractivity contribution is 0.0946. The van der Waals surface area contributed by atoms with Crippen molar-refractivity contribution in [1.82, 2.24) is 5.32 Å². The predicted molar refractivity (Wildman–Crippen MR) is 74.3 cm³/mol. The number of nitrogens with one attached hydrogen (secondary N) is 1. The Hall–Kier alpha value is -1.23. The van der Waals surface area contributed by atoms with E-state index in [1.165, 1.54) is 18.2 Å². The average molecular weight is 316 g/mol. The van der Waals surface area contributed by atoms with Crippen LogP contribution in [-0.4, -0.2) is 28.0 Å². The maximum Gasteiger partial charge on any atom is 0.251 e. The van der Waals surface area contributed by atoms with Gasteiger partial charge in [0.15, 0.2) is 11.5 Å². The summed E-state index contributed by atoms with van der Waals surface area (Å²) in [4.78, 5) is 11.8. The zero-order valence-corrected chi connectivity index (χ0v) is 11.9. The van der Waals surface area contributed by atoms with Crippen LogP contribution in [0.25, 0.3) is 0 Å². The summed E-state index contributed by atoms with van der Waals surface area (Å²) in [7, 11) is 0. The van der Waals surface area contributed by atoms with Crippen LogP contribution in [0.4, 0.5) is 0 Å². The van der Waals surface area contributed by atoms with Crippen molar-refractivity contribution in [2.24, 2.45) is 5.92 Å². The molecule has 0 bridgehead atoms. The maximum atomic E-state index is 11.8. The second-order valence-electron chi connectivity index (χ2n) is 4.17. The Balaban J connectivity index is 2.57. The summed E-state index contributed by atoms with van der Waals surface area (Å²) in [6.45, 7) is 2.70. The third-order valence-corrected chi connectivity index (χ3v) is 3.34. The van der Waals surface area contributed by atoms with Crippen LogP contribution < -0.4 is 5.32 Å². The highest BCUT2D eigenvalue weighted by molar-refractivity contribution is 9.09. The molecule has 0 spiro atoms. The molecule has 3 N–H and O–H groups in total. The summed E-state index contributed by atoms with van der Waals surface area (Å²) in [6.07, 6.45) is 2.02. The molecule has 1 rings (SSSR count). The Morgan fingerprint density at radius 3 is 2.67 bits per heavy atom. The number of phenols is 2. The van der Waals surface area contributed by atoms with E-state index in [9.17, 15) is 9.90 Å². The topological polar surface area (TPSA) is 69.6 Å². The fourth-order valence-electron chi connectivity index (χ4n) is 1.61. The molecular formula is C13H18BrNO3. The van der Waals surface area contributed by atoms with E-state index in [1.807, 2.05) is 0 Å². The fourth-order valence-corrected chi connectivity index (χ4v) is 2.26. The Kier molecular flexibility index (Phi) is 5.98. The molecular weight excluding hydrogens is 298 g/mol. The molecule has 0 saturated carbocycles. The quantitative estimate of drug-likeness (QED) is 0.558. The van der Waals surface area contributed by atoms with Crippen molar-refractivity contribution in [2.75, 3.05) is 11.9 Å². The number of amides is 1.